The Hall–Kier alpha value is -1.75. The molecule has 5 nitrogen and oxygen atoms in total. The van der Waals surface area contributed by atoms with Crippen LogP contribution < -0.4 is 10.6 Å². The zero-order valence-corrected chi connectivity index (χ0v) is 16.1. The van der Waals surface area contributed by atoms with Crippen molar-refractivity contribution in [1.82, 2.24) is 4.90 Å². The second-order valence-corrected chi connectivity index (χ2v) is 7.15. The molecule has 1 aromatic carbocycles. The Bertz CT molecular complexity index is 564. The number of nitrogen functional groups attached to an aromatic ring is 1. The summed E-state index contributed by atoms with van der Waals surface area (Å²) in [5.74, 6) is 0.304. The summed E-state index contributed by atoms with van der Waals surface area (Å²) in [7, 11) is 4.03. The van der Waals surface area contributed by atoms with E-state index in [1.807, 2.05) is 37.2 Å². The maximum atomic E-state index is 13.1. The van der Waals surface area contributed by atoms with E-state index < -0.39 is 0 Å². The standard InChI is InChI=1S/C20H33N3O2/c1-5-15(6-2)20(24)23(14-18-8-7-11-25-18)13-16-12-17(21)9-10-19(16)22(3)4/h9-10,12,15,18H,5-8,11,13-14,21H2,1-4H3/t18-/m0/s1. The van der Waals surface area contributed by atoms with E-state index in [0.29, 0.717) is 13.1 Å². The lowest BCUT2D eigenvalue weighted by atomic mass is 10.0. The molecule has 25 heavy (non-hydrogen) atoms. The molecular weight excluding hydrogens is 314 g/mol. The van der Waals surface area contributed by atoms with Crippen LogP contribution in [0.4, 0.5) is 11.4 Å². The van der Waals surface area contributed by atoms with Crippen LogP contribution in [0, 0.1) is 5.92 Å². The maximum Gasteiger partial charge on any atom is 0.226 e. The van der Waals surface area contributed by atoms with E-state index >= 15 is 0 Å². The lowest BCUT2D eigenvalue weighted by Gasteiger charge is -2.30. The van der Waals surface area contributed by atoms with Gasteiger partial charge in [-0.25, -0.2) is 0 Å². The number of carbonyl (C=O) groups excluding carboxylic acids is 1. The Labute approximate surface area is 152 Å². The summed E-state index contributed by atoms with van der Waals surface area (Å²) in [6.45, 7) is 6.22. The summed E-state index contributed by atoms with van der Waals surface area (Å²) in [6.07, 6.45) is 4.01. The van der Waals surface area contributed by atoms with Gasteiger partial charge in [0, 0.05) is 51.1 Å². The SMILES string of the molecule is CCC(CC)C(=O)N(Cc1cc(N)ccc1N(C)C)C[C@@H]1CCCO1. The van der Waals surface area contributed by atoms with Gasteiger partial charge < -0.3 is 20.3 Å². The zero-order chi connectivity index (χ0) is 18.4. The van der Waals surface area contributed by atoms with Crippen molar-refractivity contribution in [2.24, 2.45) is 5.92 Å². The number of hydrogen-bond donors (Lipinski definition) is 1. The van der Waals surface area contributed by atoms with Crippen LogP contribution in [0.1, 0.15) is 45.1 Å². The van der Waals surface area contributed by atoms with Gasteiger partial charge in [-0.15, -0.1) is 0 Å². The molecule has 1 aliphatic heterocycles. The smallest absolute Gasteiger partial charge is 0.226 e. The van der Waals surface area contributed by atoms with Crippen molar-refractivity contribution < 1.29 is 9.53 Å². The minimum absolute atomic E-state index is 0.0743. The molecule has 140 valence electrons. The zero-order valence-electron chi connectivity index (χ0n) is 16.1. The lowest BCUT2D eigenvalue weighted by molar-refractivity contribution is -0.138. The molecule has 1 fully saturated rings. The first-order valence-electron chi connectivity index (χ1n) is 9.42. The topological polar surface area (TPSA) is 58.8 Å². The number of ether oxygens (including phenoxy) is 1. The lowest BCUT2D eigenvalue weighted by Crippen LogP contribution is -2.40. The Kier molecular flexibility index (Phi) is 7.12. The first-order valence-corrected chi connectivity index (χ1v) is 9.42. The third kappa shape index (κ3) is 5.11. The first-order chi connectivity index (χ1) is 12.0. The normalized spacial score (nSPS) is 17.1. The molecule has 0 saturated carbocycles. The van der Waals surface area contributed by atoms with E-state index in [9.17, 15) is 4.79 Å². The molecule has 5 heteroatoms. The van der Waals surface area contributed by atoms with E-state index in [4.69, 9.17) is 10.5 Å². The van der Waals surface area contributed by atoms with Crippen LogP contribution in [0.15, 0.2) is 18.2 Å². The predicted molar refractivity (Wildman–Crippen MR) is 104 cm³/mol. The molecule has 0 unspecified atom stereocenters. The van der Waals surface area contributed by atoms with Crippen LogP contribution >= 0.6 is 0 Å². The van der Waals surface area contributed by atoms with Crippen molar-refractivity contribution in [3.8, 4) is 0 Å². The second kappa shape index (κ2) is 9.09. The molecule has 2 N–H and O–H groups in total. The van der Waals surface area contributed by atoms with Gasteiger partial charge in [-0.2, -0.15) is 0 Å². The summed E-state index contributed by atoms with van der Waals surface area (Å²) in [5, 5.41) is 0. The molecule has 1 amide bonds. The molecule has 0 spiro atoms. The monoisotopic (exact) mass is 347 g/mol. The summed E-state index contributed by atoms with van der Waals surface area (Å²) < 4.78 is 5.79. The van der Waals surface area contributed by atoms with Crippen molar-refractivity contribution >= 4 is 17.3 Å². The molecule has 0 bridgehead atoms. The van der Waals surface area contributed by atoms with Gasteiger partial charge in [0.25, 0.3) is 0 Å². The predicted octanol–water partition coefficient (Wildman–Crippen LogP) is 3.28. The number of nitrogens with zero attached hydrogens (tertiary/aromatic N) is 2. The van der Waals surface area contributed by atoms with Gasteiger partial charge in [0.1, 0.15) is 0 Å². The number of nitrogens with two attached hydrogens (primary N) is 1. The fourth-order valence-electron chi connectivity index (χ4n) is 3.54. The number of carbonyl (C=O) groups is 1. The van der Waals surface area contributed by atoms with E-state index in [1.54, 1.807) is 0 Å². The van der Waals surface area contributed by atoms with Gasteiger partial charge in [0.2, 0.25) is 5.91 Å². The first kappa shape index (κ1) is 19.6. The van der Waals surface area contributed by atoms with Crippen LogP contribution in [0.25, 0.3) is 0 Å². The van der Waals surface area contributed by atoms with E-state index in [1.165, 1.54) is 0 Å². The van der Waals surface area contributed by atoms with Crippen molar-refractivity contribution in [3.63, 3.8) is 0 Å². The molecule has 1 aliphatic rings. The van der Waals surface area contributed by atoms with E-state index in [0.717, 1.165) is 49.2 Å². The number of amides is 1. The second-order valence-electron chi connectivity index (χ2n) is 7.15. The Morgan fingerprint density at radius 1 is 1.32 bits per heavy atom. The molecule has 0 radical (unpaired) electrons. The number of benzene rings is 1. The largest absolute Gasteiger partial charge is 0.399 e. The van der Waals surface area contributed by atoms with Crippen LogP contribution in [-0.4, -0.2) is 44.2 Å². The molecular formula is C20H33N3O2. The van der Waals surface area contributed by atoms with Gasteiger partial charge in [-0.05, 0) is 49.4 Å². The van der Waals surface area contributed by atoms with Gasteiger partial charge in [-0.1, -0.05) is 13.8 Å². The van der Waals surface area contributed by atoms with E-state index in [-0.39, 0.29) is 17.9 Å². The number of rotatable bonds is 8. The van der Waals surface area contributed by atoms with Crippen molar-refractivity contribution in [3.05, 3.63) is 23.8 Å². The molecule has 1 heterocycles. The summed E-state index contributed by atoms with van der Waals surface area (Å²) in [5.41, 5.74) is 8.92. The Morgan fingerprint density at radius 3 is 2.60 bits per heavy atom. The molecule has 1 aromatic rings. The summed E-state index contributed by atoms with van der Waals surface area (Å²) in [6, 6.07) is 5.92. The van der Waals surface area contributed by atoms with Crippen molar-refractivity contribution in [2.75, 3.05) is 37.9 Å². The van der Waals surface area contributed by atoms with Crippen molar-refractivity contribution in [1.29, 1.82) is 0 Å². The minimum atomic E-state index is 0.0743. The van der Waals surface area contributed by atoms with Crippen LogP contribution in [-0.2, 0) is 16.1 Å². The minimum Gasteiger partial charge on any atom is -0.399 e. The van der Waals surface area contributed by atoms with Gasteiger partial charge >= 0.3 is 0 Å². The quantitative estimate of drug-likeness (QED) is 0.733. The van der Waals surface area contributed by atoms with Crippen LogP contribution in [0.2, 0.25) is 0 Å². The Balaban J connectivity index is 2.25. The third-order valence-electron chi connectivity index (χ3n) is 5.04. The molecule has 0 aliphatic carbocycles. The summed E-state index contributed by atoms with van der Waals surface area (Å²) >= 11 is 0. The number of anilines is 2. The highest BCUT2D eigenvalue weighted by molar-refractivity contribution is 5.79. The highest BCUT2D eigenvalue weighted by Crippen LogP contribution is 2.25. The van der Waals surface area contributed by atoms with Gasteiger partial charge in [0.05, 0.1) is 6.10 Å². The fraction of sp³-hybridized carbons (Fsp3) is 0.650. The van der Waals surface area contributed by atoms with Crippen LogP contribution in [0.3, 0.4) is 0 Å². The third-order valence-corrected chi connectivity index (χ3v) is 5.04. The van der Waals surface area contributed by atoms with E-state index in [2.05, 4.69) is 18.7 Å². The average Bonchev–Trinajstić information content (AvgIpc) is 3.08. The fourth-order valence-corrected chi connectivity index (χ4v) is 3.54. The molecule has 0 aromatic heterocycles. The molecule has 2 rings (SSSR count). The van der Waals surface area contributed by atoms with Crippen LogP contribution in [0.5, 0.6) is 0 Å². The van der Waals surface area contributed by atoms with Crippen molar-refractivity contribution in [2.45, 2.75) is 52.2 Å². The van der Waals surface area contributed by atoms with Gasteiger partial charge in [-0.3, -0.25) is 4.79 Å². The number of hydrogen-bond acceptors (Lipinski definition) is 4. The highest BCUT2D eigenvalue weighted by atomic mass is 16.5. The maximum absolute atomic E-state index is 13.1. The molecule has 1 saturated heterocycles. The highest BCUT2D eigenvalue weighted by Gasteiger charge is 2.27. The Morgan fingerprint density at radius 2 is 2.04 bits per heavy atom. The summed E-state index contributed by atoms with van der Waals surface area (Å²) in [4.78, 5) is 17.1. The molecule has 1 atom stereocenters. The average molecular weight is 348 g/mol. The van der Waals surface area contributed by atoms with Gasteiger partial charge in [0.15, 0.2) is 0 Å².